The molecular weight excluding hydrogens is 368 g/mol. The van der Waals surface area contributed by atoms with E-state index >= 15 is 0 Å². The molecule has 4 nitrogen and oxygen atoms in total. The highest BCUT2D eigenvalue weighted by molar-refractivity contribution is 9.10. The molecule has 0 spiro atoms. The van der Waals surface area contributed by atoms with Crippen molar-refractivity contribution in [2.24, 2.45) is 0 Å². The summed E-state index contributed by atoms with van der Waals surface area (Å²) in [6.45, 7) is 4.12. The molecule has 0 N–H and O–H groups in total. The van der Waals surface area contributed by atoms with Gasteiger partial charge in [0.15, 0.2) is 0 Å². The van der Waals surface area contributed by atoms with Crippen LogP contribution in [-0.4, -0.2) is 16.2 Å². The molecule has 0 aliphatic carbocycles. The van der Waals surface area contributed by atoms with Crippen LogP contribution in [0.4, 0.5) is 0 Å². The van der Waals surface area contributed by atoms with Crippen molar-refractivity contribution in [3.05, 3.63) is 75.8 Å². The molecular formula is C19H15BrN2O2. The number of aryl methyl sites for hydroxylation is 2. The summed E-state index contributed by atoms with van der Waals surface area (Å²) in [5.74, 6) is -0.306. The maximum atomic E-state index is 12.2. The van der Waals surface area contributed by atoms with Crippen molar-refractivity contribution in [1.29, 1.82) is 0 Å². The Morgan fingerprint density at radius 2 is 1.75 bits per heavy atom. The molecule has 1 aromatic heterocycles. The molecule has 5 heteroatoms. The number of hydrogen-bond acceptors (Lipinski definition) is 4. The van der Waals surface area contributed by atoms with Gasteiger partial charge in [0.05, 0.1) is 11.3 Å². The van der Waals surface area contributed by atoms with Gasteiger partial charge < -0.3 is 4.74 Å². The van der Waals surface area contributed by atoms with Gasteiger partial charge in [-0.25, -0.2) is 4.79 Å². The highest BCUT2D eigenvalue weighted by Crippen LogP contribution is 2.22. The molecule has 0 aliphatic rings. The molecule has 0 aliphatic heterocycles. The van der Waals surface area contributed by atoms with Crippen LogP contribution in [0.15, 0.2) is 59.1 Å². The maximum absolute atomic E-state index is 12.2. The zero-order valence-corrected chi connectivity index (χ0v) is 14.9. The van der Waals surface area contributed by atoms with Crippen molar-refractivity contribution in [1.82, 2.24) is 10.2 Å². The standard InChI is InChI=1S/C19H15BrN2O2/c1-12-7-8-14(11-13(12)2)17-9-10-18(22-21-17)24-19(23)15-5-3-4-6-16(15)20/h3-11H,1-2H3. The Bertz CT molecular complexity index is 892. The van der Waals surface area contributed by atoms with Crippen molar-refractivity contribution in [2.45, 2.75) is 13.8 Å². The molecule has 0 fully saturated rings. The SMILES string of the molecule is Cc1ccc(-c2ccc(OC(=O)c3ccccc3Br)nn2)cc1C. The largest absolute Gasteiger partial charge is 0.402 e. The number of nitrogens with zero attached hydrogens (tertiary/aromatic N) is 2. The van der Waals surface area contributed by atoms with E-state index in [1.54, 1.807) is 30.3 Å². The van der Waals surface area contributed by atoms with Gasteiger partial charge in [0, 0.05) is 16.1 Å². The minimum absolute atomic E-state index is 0.170. The van der Waals surface area contributed by atoms with Crippen LogP contribution < -0.4 is 4.74 Å². The van der Waals surface area contributed by atoms with E-state index in [-0.39, 0.29) is 5.88 Å². The number of carbonyl (C=O) groups is 1. The van der Waals surface area contributed by atoms with Crippen molar-refractivity contribution >= 4 is 21.9 Å². The van der Waals surface area contributed by atoms with Gasteiger partial charge in [0.1, 0.15) is 0 Å². The fraction of sp³-hybridized carbons (Fsp3) is 0.105. The first-order valence-corrected chi connectivity index (χ1v) is 8.22. The Kier molecular flexibility index (Phi) is 4.71. The number of rotatable bonds is 3. The highest BCUT2D eigenvalue weighted by Gasteiger charge is 2.13. The van der Waals surface area contributed by atoms with Crippen molar-refractivity contribution in [3.8, 4) is 17.1 Å². The van der Waals surface area contributed by atoms with Crippen LogP contribution in [0.3, 0.4) is 0 Å². The summed E-state index contributed by atoms with van der Waals surface area (Å²) in [4.78, 5) is 12.2. The summed E-state index contributed by atoms with van der Waals surface area (Å²) in [6.07, 6.45) is 0. The zero-order chi connectivity index (χ0) is 17.1. The molecule has 0 bridgehead atoms. The van der Waals surface area contributed by atoms with Gasteiger partial charge in [-0.2, -0.15) is 0 Å². The van der Waals surface area contributed by atoms with E-state index in [9.17, 15) is 4.79 Å². The molecule has 0 atom stereocenters. The number of halogens is 1. The van der Waals surface area contributed by atoms with E-state index < -0.39 is 5.97 Å². The van der Waals surface area contributed by atoms with Gasteiger partial charge in [-0.05, 0) is 65.2 Å². The van der Waals surface area contributed by atoms with E-state index in [0.29, 0.717) is 10.0 Å². The molecule has 3 rings (SSSR count). The third-order valence-electron chi connectivity index (χ3n) is 3.73. The minimum atomic E-state index is -0.476. The molecule has 0 saturated heterocycles. The fourth-order valence-corrected chi connectivity index (χ4v) is 2.65. The Labute approximate surface area is 148 Å². The summed E-state index contributed by atoms with van der Waals surface area (Å²) < 4.78 is 5.95. The van der Waals surface area contributed by atoms with Crippen molar-refractivity contribution in [2.75, 3.05) is 0 Å². The molecule has 1 heterocycles. The van der Waals surface area contributed by atoms with Crippen LogP contribution >= 0.6 is 15.9 Å². The molecule has 0 saturated carbocycles. The number of benzene rings is 2. The summed E-state index contributed by atoms with van der Waals surface area (Å²) >= 11 is 3.33. The van der Waals surface area contributed by atoms with Crippen LogP contribution in [0.1, 0.15) is 21.5 Å². The van der Waals surface area contributed by atoms with Crippen LogP contribution in [0.2, 0.25) is 0 Å². The molecule has 24 heavy (non-hydrogen) atoms. The first kappa shape index (κ1) is 16.3. The van der Waals surface area contributed by atoms with Crippen LogP contribution in [0.25, 0.3) is 11.3 Å². The molecule has 0 radical (unpaired) electrons. The lowest BCUT2D eigenvalue weighted by atomic mass is 10.0. The molecule has 0 amide bonds. The first-order chi connectivity index (χ1) is 11.5. The topological polar surface area (TPSA) is 52.1 Å². The third kappa shape index (κ3) is 3.51. The van der Waals surface area contributed by atoms with Gasteiger partial charge >= 0.3 is 5.97 Å². The van der Waals surface area contributed by atoms with Gasteiger partial charge in [0.2, 0.25) is 5.88 Å². The Morgan fingerprint density at radius 1 is 0.958 bits per heavy atom. The number of carbonyl (C=O) groups excluding carboxylic acids is 1. The normalized spacial score (nSPS) is 10.5. The van der Waals surface area contributed by atoms with Crippen molar-refractivity contribution < 1.29 is 9.53 Å². The lowest BCUT2D eigenvalue weighted by Crippen LogP contribution is -2.10. The fourth-order valence-electron chi connectivity index (χ4n) is 2.21. The third-order valence-corrected chi connectivity index (χ3v) is 4.43. The van der Waals surface area contributed by atoms with Crippen LogP contribution in [0.5, 0.6) is 5.88 Å². The summed E-state index contributed by atoms with van der Waals surface area (Å²) in [5, 5.41) is 8.14. The Hall–Kier alpha value is -2.53. The van der Waals surface area contributed by atoms with Gasteiger partial charge in [-0.3, -0.25) is 0 Å². The molecule has 120 valence electrons. The number of esters is 1. The quantitative estimate of drug-likeness (QED) is 0.613. The summed E-state index contributed by atoms with van der Waals surface area (Å²) in [6, 6.07) is 16.6. The zero-order valence-electron chi connectivity index (χ0n) is 13.3. The monoisotopic (exact) mass is 382 g/mol. The predicted octanol–water partition coefficient (Wildman–Crippen LogP) is 4.74. The number of hydrogen-bond donors (Lipinski definition) is 0. The Morgan fingerprint density at radius 3 is 2.42 bits per heavy atom. The average Bonchev–Trinajstić information content (AvgIpc) is 2.58. The van der Waals surface area contributed by atoms with E-state index in [0.717, 1.165) is 11.3 Å². The van der Waals surface area contributed by atoms with E-state index in [1.807, 2.05) is 18.2 Å². The lowest BCUT2D eigenvalue weighted by Gasteiger charge is -2.06. The summed E-state index contributed by atoms with van der Waals surface area (Å²) in [5.41, 5.74) is 4.58. The van der Waals surface area contributed by atoms with E-state index in [4.69, 9.17) is 4.74 Å². The second-order valence-corrected chi connectivity index (χ2v) is 6.28. The average molecular weight is 383 g/mol. The van der Waals surface area contributed by atoms with Crippen LogP contribution in [-0.2, 0) is 0 Å². The maximum Gasteiger partial charge on any atom is 0.346 e. The smallest absolute Gasteiger partial charge is 0.346 e. The molecule has 0 unspecified atom stereocenters. The first-order valence-electron chi connectivity index (χ1n) is 7.42. The highest BCUT2D eigenvalue weighted by atomic mass is 79.9. The lowest BCUT2D eigenvalue weighted by molar-refractivity contribution is 0.0725. The molecule has 3 aromatic rings. The number of ether oxygens (including phenoxy) is 1. The van der Waals surface area contributed by atoms with Crippen LogP contribution in [0, 0.1) is 13.8 Å². The van der Waals surface area contributed by atoms with E-state index in [1.165, 1.54) is 11.1 Å². The van der Waals surface area contributed by atoms with Gasteiger partial charge in [-0.15, -0.1) is 10.2 Å². The molecule has 2 aromatic carbocycles. The second-order valence-electron chi connectivity index (χ2n) is 5.43. The number of aromatic nitrogens is 2. The van der Waals surface area contributed by atoms with Crippen molar-refractivity contribution in [3.63, 3.8) is 0 Å². The van der Waals surface area contributed by atoms with Gasteiger partial charge in [-0.1, -0.05) is 24.3 Å². The van der Waals surface area contributed by atoms with E-state index in [2.05, 4.69) is 46.0 Å². The van der Waals surface area contributed by atoms with Gasteiger partial charge in [0.25, 0.3) is 0 Å². The Balaban J connectivity index is 1.78. The predicted molar refractivity (Wildman–Crippen MR) is 96.0 cm³/mol. The second kappa shape index (κ2) is 6.93. The minimum Gasteiger partial charge on any atom is -0.402 e. The summed E-state index contributed by atoms with van der Waals surface area (Å²) in [7, 11) is 0.